The summed E-state index contributed by atoms with van der Waals surface area (Å²) in [4.78, 5) is 38.9. The largest absolute Gasteiger partial charge is 0.478 e. The van der Waals surface area contributed by atoms with Gasteiger partial charge in [0, 0.05) is 22.8 Å². The average molecular weight is 561 g/mol. The average Bonchev–Trinajstić information content (AvgIpc) is 2.87. The summed E-state index contributed by atoms with van der Waals surface area (Å²) in [6, 6.07) is 0. The van der Waals surface area contributed by atoms with Crippen molar-refractivity contribution >= 4 is 36.5 Å². The lowest BCUT2D eigenvalue weighted by Gasteiger charge is -2.00. The number of carbonyl (C=O) groups excluding carboxylic acids is 1. The van der Waals surface area contributed by atoms with E-state index in [9.17, 15) is 19.2 Å². The van der Waals surface area contributed by atoms with Gasteiger partial charge in [0.2, 0.25) is 0 Å². The number of hydrogen-bond donors (Lipinski definition) is 4. The van der Waals surface area contributed by atoms with E-state index in [0.29, 0.717) is 12.0 Å². The number of thiol groups is 1. The lowest BCUT2D eigenvalue weighted by atomic mass is 10.1. The van der Waals surface area contributed by atoms with Gasteiger partial charge in [0.15, 0.2) is 0 Å². The maximum Gasteiger partial charge on any atom is 0.332 e. The second-order valence-corrected chi connectivity index (χ2v) is 8.51. The molecule has 0 aromatic rings. The van der Waals surface area contributed by atoms with Crippen molar-refractivity contribution in [2.45, 2.75) is 98.3 Å². The molecule has 0 aromatic carbocycles. The van der Waals surface area contributed by atoms with Gasteiger partial charge < -0.3 is 20.1 Å². The van der Waals surface area contributed by atoms with Crippen molar-refractivity contribution in [3.8, 4) is 0 Å². The first-order valence-corrected chi connectivity index (χ1v) is 13.3. The number of carboxylic acid groups (broad SMARTS) is 3. The summed E-state index contributed by atoms with van der Waals surface area (Å²) in [7, 11) is 1.33. The Morgan fingerprint density at radius 1 is 0.737 bits per heavy atom. The van der Waals surface area contributed by atoms with E-state index < -0.39 is 17.9 Å². The van der Waals surface area contributed by atoms with Crippen molar-refractivity contribution in [2.24, 2.45) is 0 Å². The first kappa shape index (κ1) is 45.1. The molecule has 0 aromatic heterocycles. The molecular weight excluding hydrogens is 508 g/mol. The third kappa shape index (κ3) is 54.2. The van der Waals surface area contributed by atoms with E-state index in [1.807, 2.05) is 0 Å². The first-order valence-electron chi connectivity index (χ1n) is 12.7. The summed E-state index contributed by atoms with van der Waals surface area (Å²) in [5, 5.41) is 23.6. The van der Waals surface area contributed by atoms with E-state index in [4.69, 9.17) is 15.3 Å². The van der Waals surface area contributed by atoms with Crippen LogP contribution in [0.1, 0.15) is 98.3 Å². The summed E-state index contributed by atoms with van der Waals surface area (Å²) in [5.74, 6) is -2.10. The number of esters is 1. The number of rotatable bonds is 15. The molecule has 0 amide bonds. The normalized spacial score (nSPS) is 8.58. The maximum absolute atomic E-state index is 10.2. The molecule has 0 fully saturated rings. The van der Waals surface area contributed by atoms with Gasteiger partial charge in [-0.3, -0.25) is 0 Å². The SMILES string of the molecule is C=C(C)C(=O)O.C=C(C)C(=O)OC.C=C(CC)C(=O)O.C=CC(=O)O.CCCCCCCCCCCCS. The third-order valence-electron chi connectivity index (χ3n) is 4.31. The van der Waals surface area contributed by atoms with Crippen LogP contribution in [0, 0.1) is 0 Å². The molecular formula is C29H52O8S. The number of unbranched alkanes of at least 4 members (excludes halogenated alkanes) is 9. The van der Waals surface area contributed by atoms with Gasteiger partial charge in [-0.1, -0.05) is 98.0 Å². The lowest BCUT2D eigenvalue weighted by Crippen LogP contribution is -1.98. The number of carboxylic acids is 3. The summed E-state index contributed by atoms with van der Waals surface area (Å²) in [6.45, 7) is 19.8. The molecule has 0 saturated heterocycles. The smallest absolute Gasteiger partial charge is 0.332 e. The van der Waals surface area contributed by atoms with Gasteiger partial charge >= 0.3 is 23.9 Å². The molecule has 0 radical (unpaired) electrons. The predicted molar refractivity (Wildman–Crippen MR) is 160 cm³/mol. The molecule has 0 aliphatic heterocycles. The fourth-order valence-electron chi connectivity index (χ4n) is 1.92. The minimum Gasteiger partial charge on any atom is -0.478 e. The molecule has 0 spiro atoms. The summed E-state index contributed by atoms with van der Waals surface area (Å²) in [5.41, 5.74) is 0.873. The van der Waals surface area contributed by atoms with E-state index in [0.717, 1.165) is 11.8 Å². The van der Waals surface area contributed by atoms with Crippen LogP contribution in [-0.2, 0) is 23.9 Å². The molecule has 0 unspecified atom stereocenters. The van der Waals surface area contributed by atoms with Crippen molar-refractivity contribution < 1.29 is 39.2 Å². The number of methoxy groups -OCH3 is 1. The highest BCUT2D eigenvalue weighted by atomic mass is 32.1. The Bertz CT molecular complexity index is 636. The zero-order chi connectivity index (χ0) is 30.9. The van der Waals surface area contributed by atoms with Crippen LogP contribution >= 0.6 is 12.6 Å². The molecule has 0 heterocycles. The highest BCUT2D eigenvalue weighted by molar-refractivity contribution is 7.80. The molecule has 0 aliphatic rings. The second kappa shape index (κ2) is 36.3. The van der Waals surface area contributed by atoms with Crippen LogP contribution in [0.25, 0.3) is 0 Å². The van der Waals surface area contributed by atoms with Crippen LogP contribution in [0.4, 0.5) is 0 Å². The Morgan fingerprint density at radius 2 is 1.08 bits per heavy atom. The molecule has 3 N–H and O–H groups in total. The summed E-state index contributed by atoms with van der Waals surface area (Å²) < 4.78 is 4.27. The summed E-state index contributed by atoms with van der Waals surface area (Å²) in [6.07, 6.45) is 15.5. The third-order valence-corrected chi connectivity index (χ3v) is 4.63. The van der Waals surface area contributed by atoms with Crippen LogP contribution in [0.3, 0.4) is 0 Å². The number of ether oxygens (including phenoxy) is 1. The van der Waals surface area contributed by atoms with Crippen LogP contribution in [0.15, 0.2) is 49.1 Å². The topological polar surface area (TPSA) is 138 Å². The predicted octanol–water partition coefficient (Wildman–Crippen LogP) is 7.51. The minimum atomic E-state index is -0.981. The Hall–Kier alpha value is -2.81. The zero-order valence-electron chi connectivity index (χ0n) is 24.2. The van der Waals surface area contributed by atoms with E-state index >= 15 is 0 Å². The highest BCUT2D eigenvalue weighted by Gasteiger charge is 1.97. The van der Waals surface area contributed by atoms with Gasteiger partial charge in [0.05, 0.1) is 7.11 Å². The second-order valence-electron chi connectivity index (χ2n) is 8.07. The van der Waals surface area contributed by atoms with Crippen LogP contribution in [-0.4, -0.2) is 52.1 Å². The fourth-order valence-corrected chi connectivity index (χ4v) is 2.15. The molecule has 0 aliphatic carbocycles. The number of carbonyl (C=O) groups is 4. The number of aliphatic carboxylic acids is 3. The fraction of sp³-hybridized carbons (Fsp3) is 0.586. The molecule has 9 heteroatoms. The van der Waals surface area contributed by atoms with Crippen molar-refractivity contribution in [2.75, 3.05) is 12.9 Å². The van der Waals surface area contributed by atoms with Crippen molar-refractivity contribution in [3.63, 3.8) is 0 Å². The van der Waals surface area contributed by atoms with Gasteiger partial charge in [-0.25, -0.2) is 19.2 Å². The monoisotopic (exact) mass is 560 g/mol. The first-order chi connectivity index (χ1) is 17.7. The van der Waals surface area contributed by atoms with Gasteiger partial charge in [0.1, 0.15) is 0 Å². The Balaban J connectivity index is -0.000000126. The van der Waals surface area contributed by atoms with Gasteiger partial charge in [0.25, 0.3) is 0 Å². The van der Waals surface area contributed by atoms with Crippen LogP contribution in [0.2, 0.25) is 0 Å². The Kier molecular flexibility index (Phi) is 43.2. The van der Waals surface area contributed by atoms with Crippen LogP contribution < -0.4 is 0 Å². The molecule has 38 heavy (non-hydrogen) atoms. The zero-order valence-corrected chi connectivity index (χ0v) is 25.1. The molecule has 0 atom stereocenters. The Labute approximate surface area is 236 Å². The van der Waals surface area contributed by atoms with E-state index in [2.05, 4.69) is 50.6 Å². The quantitative estimate of drug-likeness (QED) is 0.0698. The van der Waals surface area contributed by atoms with Crippen molar-refractivity contribution in [3.05, 3.63) is 49.1 Å². The number of hydrogen-bond acceptors (Lipinski definition) is 6. The standard InChI is InChI=1S/C12H26S.2C5H8O2.C4H6O2.C3H4O2/c1-2-3-4-5-6-7-8-9-10-11-12-13;1-4(2)5(6)7-3;1-3-4(2)5(6)7;1-3(2)4(5)6;1-2-3(4)5/h13H,2-12H2,1H3;1H2,2-3H3;2-3H2,1H3,(H,6,7);1H2,2H3,(H,5,6);2H,1H2,(H,4,5). The molecule has 8 nitrogen and oxygen atoms in total. The van der Waals surface area contributed by atoms with E-state index in [1.54, 1.807) is 13.8 Å². The van der Waals surface area contributed by atoms with Crippen LogP contribution in [0.5, 0.6) is 0 Å². The Morgan fingerprint density at radius 3 is 1.21 bits per heavy atom. The van der Waals surface area contributed by atoms with Crippen molar-refractivity contribution in [1.29, 1.82) is 0 Å². The summed E-state index contributed by atoms with van der Waals surface area (Å²) >= 11 is 4.20. The lowest BCUT2D eigenvalue weighted by molar-refractivity contribution is -0.136. The van der Waals surface area contributed by atoms with E-state index in [1.165, 1.54) is 78.2 Å². The molecule has 0 saturated carbocycles. The minimum absolute atomic E-state index is 0.176. The highest BCUT2D eigenvalue weighted by Crippen LogP contribution is 2.10. The van der Waals surface area contributed by atoms with Crippen molar-refractivity contribution in [1.82, 2.24) is 0 Å². The van der Waals surface area contributed by atoms with Gasteiger partial charge in [-0.2, -0.15) is 12.6 Å². The molecule has 0 bridgehead atoms. The van der Waals surface area contributed by atoms with Gasteiger partial charge in [-0.05, 0) is 32.4 Å². The molecule has 222 valence electrons. The van der Waals surface area contributed by atoms with Gasteiger partial charge in [-0.15, -0.1) is 0 Å². The maximum atomic E-state index is 10.2. The molecule has 0 rings (SSSR count). The van der Waals surface area contributed by atoms with E-state index in [-0.39, 0.29) is 17.1 Å².